The van der Waals surface area contributed by atoms with E-state index in [4.69, 9.17) is 13.9 Å². The van der Waals surface area contributed by atoms with Gasteiger partial charge < -0.3 is 19.2 Å². The number of amides is 1. The summed E-state index contributed by atoms with van der Waals surface area (Å²) in [6, 6.07) is 1.24. The van der Waals surface area contributed by atoms with E-state index < -0.39 is 50.1 Å². The zero-order chi connectivity index (χ0) is 31.6. The van der Waals surface area contributed by atoms with Crippen LogP contribution in [0.3, 0.4) is 0 Å². The van der Waals surface area contributed by atoms with Gasteiger partial charge in [0.2, 0.25) is 14.2 Å². The minimum Gasteiger partial charge on any atom is -0.457 e. The average Bonchev–Trinajstić information content (AvgIpc) is 3.24. The zero-order valence-electron chi connectivity index (χ0n) is 26.1. The van der Waals surface area contributed by atoms with Crippen LogP contribution in [-0.2, 0) is 28.3 Å². The Morgan fingerprint density at radius 3 is 2.19 bits per heavy atom. The van der Waals surface area contributed by atoms with Crippen molar-refractivity contribution in [3.8, 4) is 0 Å². The maximum Gasteiger partial charge on any atom is 0.330 e. The fraction of sp³-hybridized carbons (Fsp3) is 0.759. The Kier molecular flexibility index (Phi) is 14.3. The number of Topliss-reactive ketones (excluding diaryl/α,β-unsaturated/α-hetero) is 1. The van der Waals surface area contributed by atoms with E-state index in [0.717, 1.165) is 12.6 Å². The number of hydrogen-bond acceptors (Lipinski definition) is 8. The molecule has 238 valence electrons. The van der Waals surface area contributed by atoms with Crippen LogP contribution in [0.4, 0.5) is 0 Å². The minimum absolute atomic E-state index is 0.0426. The van der Waals surface area contributed by atoms with E-state index >= 15 is 0 Å². The lowest BCUT2D eigenvalue weighted by Crippen LogP contribution is -2.54. The summed E-state index contributed by atoms with van der Waals surface area (Å²) < 4.78 is 20.7. The lowest BCUT2D eigenvalue weighted by atomic mass is 10.1. The van der Waals surface area contributed by atoms with Crippen molar-refractivity contribution in [1.29, 1.82) is 0 Å². The van der Waals surface area contributed by atoms with Crippen molar-refractivity contribution >= 4 is 35.2 Å². The van der Waals surface area contributed by atoms with Crippen molar-refractivity contribution in [3.63, 3.8) is 0 Å². The molecule has 1 aromatic rings. The number of rotatable bonds is 17. The predicted molar refractivity (Wildman–Crippen MR) is 167 cm³/mol. The number of carbonyl (C=O) groups excluding carboxylic acids is 3. The molecule has 5 atom stereocenters. The summed E-state index contributed by atoms with van der Waals surface area (Å²) in [6.07, 6.45) is 0.414. The first-order valence-corrected chi connectivity index (χ1v) is 18.1. The molecule has 2 rings (SSSR count). The van der Waals surface area contributed by atoms with Gasteiger partial charge in [-0.15, -0.1) is 9.24 Å². The standard InChI is InChI=1S/C29H50N3O8PSi/c1-8-22-26(39-25(36)13-11-21(33)10-12-23(34)30-15-9-17-41)27(40-42(18(2)3,19(4)5)20(6)7)28(38-22)32-16-14-24(35)31-29(32)37/h14,16,18-20,22,26-28H,8-13,15,17,41H2,1-7H3,(H,30,34)(H,31,35,37)/t22-,26+,27?,28-/m1/s1. The van der Waals surface area contributed by atoms with Crippen molar-refractivity contribution in [3.05, 3.63) is 33.1 Å². The topological polar surface area (TPSA) is 146 Å². The van der Waals surface area contributed by atoms with E-state index in [-0.39, 0.29) is 54.0 Å². The Labute approximate surface area is 252 Å². The van der Waals surface area contributed by atoms with E-state index in [9.17, 15) is 24.0 Å². The van der Waals surface area contributed by atoms with Crippen LogP contribution in [-0.4, -0.2) is 66.5 Å². The Morgan fingerprint density at radius 2 is 1.64 bits per heavy atom. The molecule has 0 saturated carbocycles. The van der Waals surface area contributed by atoms with Gasteiger partial charge in [-0.2, -0.15) is 0 Å². The van der Waals surface area contributed by atoms with Crippen LogP contribution >= 0.6 is 9.24 Å². The fourth-order valence-electron chi connectivity index (χ4n) is 6.05. The number of esters is 1. The third-order valence-electron chi connectivity index (χ3n) is 8.07. The predicted octanol–water partition coefficient (Wildman–Crippen LogP) is 3.83. The second kappa shape index (κ2) is 16.6. The lowest BCUT2D eigenvalue weighted by molar-refractivity contribution is -0.156. The van der Waals surface area contributed by atoms with Gasteiger partial charge in [0.15, 0.2) is 12.3 Å². The summed E-state index contributed by atoms with van der Waals surface area (Å²) in [7, 11) is 0.0436. The van der Waals surface area contributed by atoms with Crippen LogP contribution in [0, 0.1) is 0 Å². The van der Waals surface area contributed by atoms with Gasteiger partial charge in [-0.3, -0.25) is 28.7 Å². The smallest absolute Gasteiger partial charge is 0.330 e. The maximum absolute atomic E-state index is 13.1. The van der Waals surface area contributed by atoms with Gasteiger partial charge in [0.1, 0.15) is 11.9 Å². The second-order valence-electron chi connectivity index (χ2n) is 11.9. The summed E-state index contributed by atoms with van der Waals surface area (Å²) in [5.41, 5.74) is -0.550. The normalized spacial score (nSPS) is 20.8. The molecular formula is C29H50N3O8PSi. The molecule has 13 heteroatoms. The van der Waals surface area contributed by atoms with Crippen LogP contribution < -0.4 is 16.6 Å². The number of aromatic amines is 1. The van der Waals surface area contributed by atoms with Gasteiger partial charge in [-0.1, -0.05) is 48.5 Å². The first kappa shape index (κ1) is 36.1. The molecule has 11 nitrogen and oxygen atoms in total. The second-order valence-corrected chi connectivity index (χ2v) is 17.9. The van der Waals surface area contributed by atoms with Crippen molar-refractivity contribution in [2.75, 3.05) is 12.7 Å². The van der Waals surface area contributed by atoms with E-state index in [2.05, 4.69) is 61.1 Å². The number of nitrogens with one attached hydrogen (secondary N) is 2. The average molecular weight is 628 g/mol. The van der Waals surface area contributed by atoms with E-state index in [0.29, 0.717) is 13.0 Å². The van der Waals surface area contributed by atoms with Gasteiger partial charge in [-0.25, -0.2) is 4.79 Å². The van der Waals surface area contributed by atoms with Gasteiger partial charge in [-0.05, 0) is 35.6 Å². The zero-order valence-corrected chi connectivity index (χ0v) is 28.3. The highest BCUT2D eigenvalue weighted by Gasteiger charge is 2.55. The summed E-state index contributed by atoms with van der Waals surface area (Å²) >= 11 is 0. The third kappa shape index (κ3) is 9.18. The van der Waals surface area contributed by atoms with E-state index in [1.165, 1.54) is 16.8 Å². The number of nitrogens with zero attached hydrogens (tertiary/aromatic N) is 1. The number of H-pyrrole nitrogens is 1. The highest BCUT2D eigenvalue weighted by molar-refractivity contribution is 7.16. The van der Waals surface area contributed by atoms with Crippen LogP contribution in [0.2, 0.25) is 16.6 Å². The third-order valence-corrected chi connectivity index (χ3v) is 14.6. The Morgan fingerprint density at radius 1 is 1.02 bits per heavy atom. The van der Waals surface area contributed by atoms with Crippen LogP contribution in [0.5, 0.6) is 0 Å². The maximum atomic E-state index is 13.1. The molecule has 0 aromatic carbocycles. The van der Waals surface area contributed by atoms with Crippen molar-refractivity contribution in [2.45, 2.75) is 128 Å². The lowest BCUT2D eigenvalue weighted by Gasteiger charge is -2.45. The Balaban J connectivity index is 2.27. The molecular weight excluding hydrogens is 577 g/mol. The molecule has 2 unspecified atom stereocenters. The van der Waals surface area contributed by atoms with E-state index in [1.807, 2.05) is 6.92 Å². The highest BCUT2D eigenvalue weighted by atomic mass is 31.0. The quantitative estimate of drug-likeness (QED) is 0.115. The van der Waals surface area contributed by atoms with Gasteiger partial charge >= 0.3 is 11.7 Å². The molecule has 1 amide bonds. The van der Waals surface area contributed by atoms with Crippen LogP contribution in [0.1, 0.15) is 93.2 Å². The molecule has 0 spiro atoms. The van der Waals surface area contributed by atoms with E-state index in [1.54, 1.807) is 0 Å². The first-order chi connectivity index (χ1) is 19.8. The Bertz CT molecular complexity index is 1150. The summed E-state index contributed by atoms with van der Waals surface area (Å²) in [5, 5.41) is 2.77. The summed E-state index contributed by atoms with van der Waals surface area (Å²) in [4.78, 5) is 64.3. The molecule has 0 aliphatic carbocycles. The van der Waals surface area contributed by atoms with Crippen molar-refractivity contribution < 1.29 is 28.3 Å². The summed E-state index contributed by atoms with van der Waals surface area (Å²) in [6.45, 7) is 15.3. The molecule has 1 saturated heterocycles. The largest absolute Gasteiger partial charge is 0.457 e. The number of ether oxygens (including phenoxy) is 2. The van der Waals surface area contributed by atoms with Gasteiger partial charge in [0.05, 0.1) is 12.5 Å². The monoisotopic (exact) mass is 627 g/mol. The highest BCUT2D eigenvalue weighted by Crippen LogP contribution is 2.47. The van der Waals surface area contributed by atoms with Crippen LogP contribution in [0.25, 0.3) is 0 Å². The van der Waals surface area contributed by atoms with Gasteiger partial charge in [0, 0.05) is 38.1 Å². The van der Waals surface area contributed by atoms with Crippen LogP contribution in [0.15, 0.2) is 21.9 Å². The number of hydrogen-bond donors (Lipinski definition) is 2. The molecule has 42 heavy (non-hydrogen) atoms. The molecule has 0 radical (unpaired) electrons. The van der Waals surface area contributed by atoms with Gasteiger partial charge in [0.25, 0.3) is 5.56 Å². The molecule has 1 aliphatic heterocycles. The molecule has 1 fully saturated rings. The molecule has 2 heterocycles. The fourth-order valence-corrected chi connectivity index (χ4v) is 11.8. The number of aromatic nitrogens is 2. The number of ketones is 1. The number of carbonyl (C=O) groups is 3. The molecule has 1 aliphatic rings. The summed E-state index contributed by atoms with van der Waals surface area (Å²) in [5.74, 6) is -0.955. The van der Waals surface area contributed by atoms with Crippen molar-refractivity contribution in [1.82, 2.24) is 14.9 Å². The Hall–Kier alpha value is -2.14. The molecule has 0 bridgehead atoms. The first-order valence-electron chi connectivity index (χ1n) is 15.1. The molecule has 2 N–H and O–H groups in total. The molecule has 1 aromatic heterocycles. The van der Waals surface area contributed by atoms with Crippen molar-refractivity contribution in [2.24, 2.45) is 0 Å². The minimum atomic E-state index is -2.55. The SMILES string of the molecule is CC[C@H]1O[C@@H](n2ccc(=O)[nH]c2=O)C(O[Si](C(C)C)(C(C)C)C(C)C)[C@H]1OC(=O)CCC(=O)CCC(=O)NCCCP.